The van der Waals surface area contributed by atoms with E-state index in [4.69, 9.17) is 14.6 Å². The van der Waals surface area contributed by atoms with Gasteiger partial charge in [-0.1, -0.05) is 24.3 Å². The average Bonchev–Trinajstić information content (AvgIpc) is 3.44. The normalized spacial score (nSPS) is 18.9. The molecule has 4 aromatic rings. The molecule has 1 aliphatic heterocycles. The van der Waals surface area contributed by atoms with Crippen molar-refractivity contribution < 1.29 is 9.47 Å². The Morgan fingerprint density at radius 2 is 1.78 bits per heavy atom. The van der Waals surface area contributed by atoms with Gasteiger partial charge in [-0.2, -0.15) is 5.10 Å². The minimum atomic E-state index is 0.558. The number of fused-ring (bicyclic) bond motifs is 4. The summed E-state index contributed by atoms with van der Waals surface area (Å²) in [6, 6.07) is 15.1. The Balaban J connectivity index is 1.47. The second-order valence-electron chi connectivity index (χ2n) is 10.1. The number of methoxy groups -OCH3 is 1. The van der Waals surface area contributed by atoms with Crippen LogP contribution in [-0.4, -0.2) is 41.6 Å². The van der Waals surface area contributed by atoms with Crippen LogP contribution < -0.4 is 14.4 Å². The number of hydrogen-bond acceptors (Lipinski definition) is 5. The van der Waals surface area contributed by atoms with E-state index in [1.54, 1.807) is 7.11 Å². The molecule has 1 fully saturated rings. The summed E-state index contributed by atoms with van der Waals surface area (Å²) in [7, 11) is 1.71. The Hall–Kier alpha value is -3.54. The Morgan fingerprint density at radius 1 is 0.972 bits per heavy atom. The lowest BCUT2D eigenvalue weighted by atomic mass is 9.77. The predicted octanol–water partition coefficient (Wildman–Crippen LogP) is 5.92. The van der Waals surface area contributed by atoms with Crippen LogP contribution in [0.3, 0.4) is 0 Å². The van der Waals surface area contributed by atoms with Crippen molar-refractivity contribution in [1.29, 1.82) is 0 Å². The molecule has 2 aromatic heterocycles. The van der Waals surface area contributed by atoms with Crippen molar-refractivity contribution in [3.05, 3.63) is 70.7 Å². The summed E-state index contributed by atoms with van der Waals surface area (Å²) in [5.41, 5.74) is 7.31. The third kappa shape index (κ3) is 3.46. The fourth-order valence-corrected chi connectivity index (χ4v) is 6.61. The Bertz CT molecular complexity index is 1460. The molecule has 0 radical (unpaired) electrons. The molecule has 1 aliphatic carbocycles. The summed E-state index contributed by atoms with van der Waals surface area (Å²) in [5, 5.41) is 11.8. The van der Waals surface area contributed by atoms with Gasteiger partial charge in [-0.25, -0.2) is 0 Å². The van der Waals surface area contributed by atoms with E-state index in [9.17, 15) is 0 Å². The van der Waals surface area contributed by atoms with E-state index in [-0.39, 0.29) is 0 Å². The lowest BCUT2D eigenvalue weighted by Gasteiger charge is -2.26. The van der Waals surface area contributed by atoms with E-state index in [2.05, 4.69) is 65.7 Å². The number of ether oxygens (including phenoxy) is 2. The molecular formula is C30H34N4O2. The van der Waals surface area contributed by atoms with Crippen LogP contribution in [0.5, 0.6) is 11.5 Å². The number of aryl methyl sites for hydroxylation is 4. The van der Waals surface area contributed by atoms with Gasteiger partial charge in [0.1, 0.15) is 11.5 Å². The maximum atomic E-state index is 5.81. The van der Waals surface area contributed by atoms with Crippen LogP contribution in [-0.2, 0) is 6.42 Å². The van der Waals surface area contributed by atoms with Crippen molar-refractivity contribution >= 4 is 16.6 Å². The number of aromatic nitrogens is 3. The largest absolute Gasteiger partial charge is 0.494 e. The molecule has 186 valence electrons. The van der Waals surface area contributed by atoms with Gasteiger partial charge in [-0.3, -0.25) is 0 Å². The van der Waals surface area contributed by atoms with Crippen LogP contribution in [0.4, 0.5) is 5.82 Å². The molecule has 0 saturated carbocycles. The maximum Gasteiger partial charge on any atom is 0.161 e. The number of rotatable bonds is 5. The second-order valence-corrected chi connectivity index (χ2v) is 10.1. The van der Waals surface area contributed by atoms with Crippen LogP contribution in [0.25, 0.3) is 16.5 Å². The zero-order valence-electron chi connectivity index (χ0n) is 21.8. The molecule has 0 N–H and O–H groups in total. The fourth-order valence-electron chi connectivity index (χ4n) is 6.61. The standard InChI is InChI=1S/C30H34N4O2/c1-6-36-23-13-14-26(27(15-23)35-5)34-19(3)28-18(2)31-32-30(29(28)20(34)4)33-16-22-12-11-21-9-7-8-10-24(21)25(22)17-33/h7-10,13-15,22,25H,6,11-12,16-17H2,1-5H3/t22-,25+/m0/s1. The Morgan fingerprint density at radius 3 is 2.58 bits per heavy atom. The molecule has 2 atom stereocenters. The van der Waals surface area contributed by atoms with Gasteiger partial charge >= 0.3 is 0 Å². The smallest absolute Gasteiger partial charge is 0.161 e. The monoisotopic (exact) mass is 482 g/mol. The highest BCUT2D eigenvalue weighted by molar-refractivity contribution is 5.99. The number of hydrogen-bond donors (Lipinski definition) is 0. The molecule has 1 saturated heterocycles. The van der Waals surface area contributed by atoms with Gasteiger partial charge in [-0.05, 0) is 69.7 Å². The van der Waals surface area contributed by atoms with E-state index < -0.39 is 0 Å². The van der Waals surface area contributed by atoms with E-state index in [0.29, 0.717) is 18.4 Å². The van der Waals surface area contributed by atoms with E-state index in [0.717, 1.165) is 53.2 Å². The minimum Gasteiger partial charge on any atom is -0.494 e. The lowest BCUT2D eigenvalue weighted by molar-refractivity contribution is 0.336. The molecule has 36 heavy (non-hydrogen) atoms. The SMILES string of the molecule is CCOc1ccc(-n2c(C)c3c(C)nnc(N4C[C@@H]5CCc6ccccc6[C@@H]5C4)c3c2C)c(OC)c1. The number of benzene rings is 2. The van der Waals surface area contributed by atoms with Crippen molar-refractivity contribution in [2.75, 3.05) is 31.7 Å². The number of nitrogens with zero attached hydrogens (tertiary/aromatic N) is 4. The van der Waals surface area contributed by atoms with Crippen molar-refractivity contribution in [3.8, 4) is 17.2 Å². The highest BCUT2D eigenvalue weighted by atomic mass is 16.5. The fraction of sp³-hybridized carbons (Fsp3) is 0.400. The molecule has 6 heteroatoms. The molecule has 0 unspecified atom stereocenters. The third-order valence-corrected chi connectivity index (χ3v) is 8.21. The van der Waals surface area contributed by atoms with Gasteiger partial charge in [0.05, 0.1) is 25.1 Å². The molecular weight excluding hydrogens is 448 g/mol. The predicted molar refractivity (Wildman–Crippen MR) is 144 cm³/mol. The lowest BCUT2D eigenvalue weighted by Crippen LogP contribution is -2.22. The summed E-state index contributed by atoms with van der Waals surface area (Å²) in [6.07, 6.45) is 2.41. The van der Waals surface area contributed by atoms with Crippen molar-refractivity contribution in [3.63, 3.8) is 0 Å². The summed E-state index contributed by atoms with van der Waals surface area (Å²) in [6.45, 7) is 11.1. The van der Waals surface area contributed by atoms with Gasteiger partial charge in [0, 0.05) is 47.2 Å². The molecule has 6 nitrogen and oxygen atoms in total. The highest BCUT2D eigenvalue weighted by Gasteiger charge is 2.39. The molecule has 2 aliphatic rings. The van der Waals surface area contributed by atoms with Crippen molar-refractivity contribution in [2.45, 2.75) is 46.5 Å². The third-order valence-electron chi connectivity index (χ3n) is 8.21. The summed E-state index contributed by atoms with van der Waals surface area (Å²) in [4.78, 5) is 2.48. The van der Waals surface area contributed by atoms with E-state index in [1.165, 1.54) is 34.7 Å². The summed E-state index contributed by atoms with van der Waals surface area (Å²) >= 11 is 0. The van der Waals surface area contributed by atoms with Crippen LogP contribution in [0.15, 0.2) is 42.5 Å². The first kappa shape index (κ1) is 22.9. The van der Waals surface area contributed by atoms with Gasteiger partial charge in [0.25, 0.3) is 0 Å². The van der Waals surface area contributed by atoms with Crippen molar-refractivity contribution in [1.82, 2.24) is 14.8 Å². The van der Waals surface area contributed by atoms with Crippen LogP contribution in [0, 0.1) is 26.7 Å². The average molecular weight is 483 g/mol. The van der Waals surface area contributed by atoms with Gasteiger partial charge in [0.15, 0.2) is 5.82 Å². The maximum absolute atomic E-state index is 5.81. The first-order valence-corrected chi connectivity index (χ1v) is 13.0. The van der Waals surface area contributed by atoms with Crippen LogP contribution in [0.1, 0.15) is 47.5 Å². The van der Waals surface area contributed by atoms with Crippen LogP contribution in [0.2, 0.25) is 0 Å². The van der Waals surface area contributed by atoms with E-state index in [1.807, 2.05) is 19.1 Å². The van der Waals surface area contributed by atoms with E-state index >= 15 is 0 Å². The molecule has 6 rings (SSSR count). The number of anilines is 1. The minimum absolute atomic E-state index is 0.558. The second kappa shape index (κ2) is 8.84. The zero-order valence-corrected chi connectivity index (χ0v) is 21.8. The quantitative estimate of drug-likeness (QED) is 0.353. The molecule has 0 spiro atoms. The van der Waals surface area contributed by atoms with Gasteiger partial charge < -0.3 is 18.9 Å². The first-order chi connectivity index (χ1) is 17.5. The van der Waals surface area contributed by atoms with Crippen LogP contribution >= 0.6 is 0 Å². The Kier molecular flexibility index (Phi) is 5.62. The molecule has 3 heterocycles. The molecule has 0 bridgehead atoms. The van der Waals surface area contributed by atoms with Crippen molar-refractivity contribution in [2.24, 2.45) is 5.92 Å². The highest BCUT2D eigenvalue weighted by Crippen LogP contribution is 2.45. The summed E-state index contributed by atoms with van der Waals surface area (Å²) in [5.74, 6) is 3.82. The first-order valence-electron chi connectivity index (χ1n) is 13.0. The Labute approximate surface area is 212 Å². The zero-order chi connectivity index (χ0) is 25.0. The van der Waals surface area contributed by atoms with Gasteiger partial charge in [0.2, 0.25) is 0 Å². The molecule has 2 aromatic carbocycles. The van der Waals surface area contributed by atoms with Gasteiger partial charge in [-0.15, -0.1) is 5.10 Å². The topological polar surface area (TPSA) is 52.4 Å². The summed E-state index contributed by atoms with van der Waals surface area (Å²) < 4.78 is 13.8. The molecule has 0 amide bonds.